The van der Waals surface area contributed by atoms with E-state index in [1.54, 1.807) is 0 Å². The Morgan fingerprint density at radius 3 is 1.51 bits per heavy atom. The second-order valence-corrected chi connectivity index (χ2v) is 16.9. The SMILES string of the molecule is CCCCCCCCCCC/C=C\C/C=C\CCCCCCCCCC(=O)NC(COC1OC(CO)C(O)C(O)C1O)C(O)CCCCCCCCCCCCC. The van der Waals surface area contributed by atoms with Crippen LogP contribution in [0.25, 0.3) is 0 Å². The maximum absolute atomic E-state index is 13.0. The lowest BCUT2D eigenvalue weighted by molar-refractivity contribution is -0.302. The third kappa shape index (κ3) is 29.5. The summed E-state index contributed by atoms with van der Waals surface area (Å²) in [5.74, 6) is -0.152. The maximum Gasteiger partial charge on any atom is 0.220 e. The highest BCUT2D eigenvalue weighted by Crippen LogP contribution is 2.23. The molecule has 0 spiro atoms. The second-order valence-electron chi connectivity index (χ2n) is 16.9. The molecule has 0 bridgehead atoms. The van der Waals surface area contributed by atoms with Crippen molar-refractivity contribution in [3.05, 3.63) is 24.3 Å². The lowest BCUT2D eigenvalue weighted by Gasteiger charge is -2.40. The van der Waals surface area contributed by atoms with Crippen LogP contribution < -0.4 is 5.32 Å². The van der Waals surface area contributed by atoms with E-state index in [1.165, 1.54) is 141 Å². The lowest BCUT2D eigenvalue weighted by atomic mass is 9.99. The van der Waals surface area contributed by atoms with E-state index >= 15 is 0 Å². The monoisotopic (exact) mass is 810 g/mol. The van der Waals surface area contributed by atoms with Crippen LogP contribution in [0.2, 0.25) is 0 Å². The Kier molecular flexibility index (Phi) is 36.6. The zero-order valence-corrected chi connectivity index (χ0v) is 36.9. The first-order valence-corrected chi connectivity index (χ1v) is 24.0. The highest BCUT2D eigenvalue weighted by Gasteiger charge is 2.44. The molecule has 1 amide bonds. The largest absolute Gasteiger partial charge is 0.394 e. The number of allylic oxidation sites excluding steroid dienone is 4. The van der Waals surface area contributed by atoms with E-state index in [0.717, 1.165) is 51.4 Å². The van der Waals surface area contributed by atoms with Gasteiger partial charge in [-0.1, -0.05) is 192 Å². The molecule has 336 valence electrons. The average molecular weight is 810 g/mol. The fraction of sp³-hybridized carbons (Fsp3) is 0.896. The van der Waals surface area contributed by atoms with E-state index in [4.69, 9.17) is 9.47 Å². The molecule has 1 saturated heterocycles. The highest BCUT2D eigenvalue weighted by molar-refractivity contribution is 5.76. The Morgan fingerprint density at radius 1 is 0.596 bits per heavy atom. The Morgan fingerprint density at radius 2 is 1.04 bits per heavy atom. The summed E-state index contributed by atoms with van der Waals surface area (Å²) in [5, 5.41) is 54.3. The molecule has 0 saturated carbocycles. The van der Waals surface area contributed by atoms with Gasteiger partial charge in [0, 0.05) is 6.42 Å². The van der Waals surface area contributed by atoms with Gasteiger partial charge in [0.1, 0.15) is 24.4 Å². The number of carbonyl (C=O) groups excluding carboxylic acids is 1. The van der Waals surface area contributed by atoms with Gasteiger partial charge in [-0.2, -0.15) is 0 Å². The van der Waals surface area contributed by atoms with E-state index < -0.39 is 49.5 Å². The van der Waals surface area contributed by atoms with Crippen molar-refractivity contribution in [2.24, 2.45) is 0 Å². The molecule has 0 aromatic heterocycles. The van der Waals surface area contributed by atoms with Crippen molar-refractivity contribution in [3.8, 4) is 0 Å². The zero-order chi connectivity index (χ0) is 41.6. The molecule has 1 fully saturated rings. The number of hydrogen-bond acceptors (Lipinski definition) is 8. The first-order chi connectivity index (χ1) is 27.8. The maximum atomic E-state index is 13.0. The van der Waals surface area contributed by atoms with Gasteiger partial charge in [0.05, 0.1) is 25.4 Å². The Bertz CT molecular complexity index is 945. The first-order valence-electron chi connectivity index (χ1n) is 24.0. The van der Waals surface area contributed by atoms with E-state index in [9.17, 15) is 30.3 Å². The zero-order valence-electron chi connectivity index (χ0n) is 36.9. The number of aliphatic hydroxyl groups is 5. The lowest BCUT2D eigenvalue weighted by Crippen LogP contribution is -2.60. The Labute approximate surface area is 349 Å². The molecule has 0 aromatic carbocycles. The van der Waals surface area contributed by atoms with E-state index in [-0.39, 0.29) is 12.5 Å². The van der Waals surface area contributed by atoms with E-state index in [0.29, 0.717) is 12.8 Å². The Hall–Kier alpha value is -1.33. The fourth-order valence-corrected chi connectivity index (χ4v) is 7.66. The van der Waals surface area contributed by atoms with Crippen LogP contribution in [0.4, 0.5) is 0 Å². The quantitative estimate of drug-likeness (QED) is 0.0265. The highest BCUT2D eigenvalue weighted by atomic mass is 16.7. The number of unbranched alkanes of at least 4 members (excludes halogenated alkanes) is 26. The number of amides is 1. The van der Waals surface area contributed by atoms with Crippen molar-refractivity contribution < 1.29 is 39.8 Å². The standard InChI is InChI=1S/C48H91NO8/c1-3-5-7-9-11-13-15-16-17-18-19-20-21-22-23-24-25-26-28-30-32-34-36-38-44(52)49-41(40-56-48-47(55)46(54)45(53)43(39-50)57-48)42(51)37-35-33-31-29-27-14-12-10-8-6-4-2/h19-20,22-23,41-43,45-48,50-51,53-55H,3-18,21,24-40H2,1-2H3,(H,49,52)/b20-19-,23-22-. The molecular weight excluding hydrogens is 719 g/mol. The Balaban J connectivity index is 2.26. The van der Waals surface area contributed by atoms with Crippen LogP contribution in [0.3, 0.4) is 0 Å². The molecule has 9 nitrogen and oxygen atoms in total. The van der Waals surface area contributed by atoms with Gasteiger partial charge in [0.15, 0.2) is 6.29 Å². The molecule has 0 aliphatic carbocycles. The first kappa shape index (κ1) is 53.7. The molecule has 0 radical (unpaired) electrons. The van der Waals surface area contributed by atoms with Crippen LogP contribution in [0.1, 0.15) is 219 Å². The molecule has 1 aliphatic heterocycles. The third-order valence-corrected chi connectivity index (χ3v) is 11.6. The summed E-state index contributed by atoms with van der Waals surface area (Å²) in [4.78, 5) is 13.0. The van der Waals surface area contributed by atoms with E-state index in [2.05, 4.69) is 43.5 Å². The van der Waals surface area contributed by atoms with Gasteiger partial charge < -0.3 is 40.3 Å². The summed E-state index contributed by atoms with van der Waals surface area (Å²) in [5.41, 5.74) is 0. The summed E-state index contributed by atoms with van der Waals surface area (Å²) in [6.45, 7) is 3.82. The van der Waals surface area contributed by atoms with E-state index in [1.807, 2.05) is 0 Å². The summed E-state index contributed by atoms with van der Waals surface area (Å²) < 4.78 is 11.2. The molecule has 9 heteroatoms. The van der Waals surface area contributed by atoms with Crippen molar-refractivity contribution in [1.82, 2.24) is 5.32 Å². The summed E-state index contributed by atoms with van der Waals surface area (Å²) in [6, 6.07) is -0.720. The predicted molar refractivity (Wildman–Crippen MR) is 235 cm³/mol. The van der Waals surface area contributed by atoms with Gasteiger partial charge in [0.25, 0.3) is 0 Å². The third-order valence-electron chi connectivity index (χ3n) is 11.6. The van der Waals surface area contributed by atoms with Crippen molar-refractivity contribution >= 4 is 5.91 Å². The summed E-state index contributed by atoms with van der Waals surface area (Å²) >= 11 is 0. The number of nitrogens with one attached hydrogen (secondary N) is 1. The van der Waals surface area contributed by atoms with Crippen LogP contribution in [-0.4, -0.2) is 87.5 Å². The minimum absolute atomic E-state index is 0.140. The second kappa shape index (κ2) is 38.8. The number of rotatable bonds is 40. The van der Waals surface area contributed by atoms with Crippen molar-refractivity contribution in [1.29, 1.82) is 0 Å². The van der Waals surface area contributed by atoms with Crippen molar-refractivity contribution in [3.63, 3.8) is 0 Å². The number of aliphatic hydroxyl groups excluding tert-OH is 5. The summed E-state index contributed by atoms with van der Waals surface area (Å²) in [6.07, 6.45) is 39.1. The molecular formula is C48H91NO8. The molecule has 1 aliphatic rings. The van der Waals surface area contributed by atoms with Crippen LogP contribution >= 0.6 is 0 Å². The molecule has 6 N–H and O–H groups in total. The minimum Gasteiger partial charge on any atom is -0.394 e. The molecule has 57 heavy (non-hydrogen) atoms. The smallest absolute Gasteiger partial charge is 0.220 e. The fourth-order valence-electron chi connectivity index (χ4n) is 7.66. The predicted octanol–water partition coefficient (Wildman–Crippen LogP) is 10.3. The number of hydrogen-bond donors (Lipinski definition) is 6. The molecule has 1 rings (SSSR count). The van der Waals surface area contributed by atoms with Gasteiger partial charge in [-0.15, -0.1) is 0 Å². The van der Waals surface area contributed by atoms with Crippen molar-refractivity contribution in [2.75, 3.05) is 13.2 Å². The molecule has 1 heterocycles. The molecule has 7 unspecified atom stereocenters. The van der Waals surface area contributed by atoms with Gasteiger partial charge in [-0.05, 0) is 44.9 Å². The van der Waals surface area contributed by atoms with Gasteiger partial charge in [0.2, 0.25) is 5.91 Å². The number of ether oxygens (including phenoxy) is 2. The minimum atomic E-state index is -1.55. The molecule has 0 aromatic rings. The van der Waals surface area contributed by atoms with Crippen LogP contribution in [0, 0.1) is 0 Å². The van der Waals surface area contributed by atoms with Crippen LogP contribution in [0.5, 0.6) is 0 Å². The normalized spacial score (nSPS) is 21.1. The molecule has 7 atom stereocenters. The van der Waals surface area contributed by atoms with Gasteiger partial charge in [-0.3, -0.25) is 4.79 Å². The topological polar surface area (TPSA) is 149 Å². The van der Waals surface area contributed by atoms with Gasteiger partial charge >= 0.3 is 0 Å². The average Bonchev–Trinajstić information content (AvgIpc) is 3.21. The van der Waals surface area contributed by atoms with Crippen LogP contribution in [0.15, 0.2) is 24.3 Å². The summed E-state index contributed by atoms with van der Waals surface area (Å²) in [7, 11) is 0. The van der Waals surface area contributed by atoms with Crippen molar-refractivity contribution in [2.45, 2.75) is 262 Å². The number of carbonyl (C=O) groups is 1. The van der Waals surface area contributed by atoms with Gasteiger partial charge in [-0.25, -0.2) is 0 Å². The van der Waals surface area contributed by atoms with Crippen LogP contribution in [-0.2, 0) is 14.3 Å².